The highest BCUT2D eigenvalue weighted by atomic mass is 16.5. The van der Waals surface area contributed by atoms with Gasteiger partial charge in [-0.25, -0.2) is 4.98 Å². The molecule has 1 atom stereocenters. The summed E-state index contributed by atoms with van der Waals surface area (Å²) >= 11 is 0. The molecular weight excluding hydrogens is 480 g/mol. The molecule has 1 N–H and O–H groups in total. The van der Waals surface area contributed by atoms with E-state index in [2.05, 4.69) is 21.5 Å². The van der Waals surface area contributed by atoms with E-state index in [0.29, 0.717) is 36.4 Å². The zero-order valence-electron chi connectivity index (χ0n) is 21.4. The number of amides is 1. The number of ether oxygens (including phenoxy) is 2. The Balaban J connectivity index is 1.21. The summed E-state index contributed by atoms with van der Waals surface area (Å²) in [6.45, 7) is 2.84. The number of nitriles is 1. The third kappa shape index (κ3) is 4.27. The standard InChI is InChI=1S/C29H28N6O3/c1-29(16-30)17-38-15-20-7-6-18(10-24(20)29)27(36)32-13-21-11-26-19(12-31-21)8-9-25(33-26)23-14-35(22-4-3-5-22)34-28(23)37-2/h6-12,14,22H,3-5,13,15,17H2,1-2H3,(H,32,36)/t29-/m1/s1. The van der Waals surface area contributed by atoms with Gasteiger partial charge < -0.3 is 14.8 Å². The van der Waals surface area contributed by atoms with Gasteiger partial charge >= 0.3 is 0 Å². The fourth-order valence-corrected chi connectivity index (χ4v) is 5.01. The summed E-state index contributed by atoms with van der Waals surface area (Å²) in [6.07, 6.45) is 7.27. The zero-order valence-corrected chi connectivity index (χ0v) is 21.4. The van der Waals surface area contributed by atoms with Gasteiger partial charge in [-0.2, -0.15) is 5.26 Å². The van der Waals surface area contributed by atoms with Gasteiger partial charge in [0.15, 0.2) is 0 Å². The molecular formula is C29H28N6O3. The van der Waals surface area contributed by atoms with Crippen LogP contribution in [0.2, 0.25) is 0 Å². The molecule has 0 bridgehead atoms. The van der Waals surface area contributed by atoms with Crippen molar-refractivity contribution in [3.8, 4) is 23.2 Å². The number of methoxy groups -OCH3 is 1. The van der Waals surface area contributed by atoms with Crippen molar-refractivity contribution in [2.75, 3.05) is 13.7 Å². The van der Waals surface area contributed by atoms with Gasteiger partial charge in [0.05, 0.1) is 61.4 Å². The second-order valence-electron chi connectivity index (χ2n) is 10.2. The largest absolute Gasteiger partial charge is 0.479 e. The molecule has 1 amide bonds. The highest BCUT2D eigenvalue weighted by Gasteiger charge is 2.33. The molecule has 9 heteroatoms. The SMILES string of the molecule is COc1nn(C2CCC2)cc1-c1ccc2cnc(CNC(=O)c3ccc4c(c3)[C@](C)(C#N)COC4)cc2n1. The lowest BCUT2D eigenvalue weighted by Crippen LogP contribution is -2.33. The Morgan fingerprint density at radius 1 is 1.29 bits per heavy atom. The van der Waals surface area contributed by atoms with Crippen molar-refractivity contribution in [3.63, 3.8) is 0 Å². The number of pyridine rings is 2. The van der Waals surface area contributed by atoms with Crippen LogP contribution in [0.25, 0.3) is 22.2 Å². The second kappa shape index (κ2) is 9.54. The smallest absolute Gasteiger partial charge is 0.251 e. The van der Waals surface area contributed by atoms with Crippen LogP contribution >= 0.6 is 0 Å². The first kappa shape index (κ1) is 24.1. The average Bonchev–Trinajstić information content (AvgIpc) is 3.34. The number of rotatable bonds is 6. The molecule has 3 aromatic heterocycles. The monoisotopic (exact) mass is 508 g/mol. The first-order chi connectivity index (χ1) is 18.5. The van der Waals surface area contributed by atoms with Gasteiger partial charge in [-0.05, 0) is 67.6 Å². The first-order valence-corrected chi connectivity index (χ1v) is 12.8. The Bertz CT molecular complexity index is 1590. The molecule has 1 fully saturated rings. The number of benzene rings is 1. The van der Waals surface area contributed by atoms with E-state index >= 15 is 0 Å². The molecule has 6 rings (SSSR count). The number of fused-ring (bicyclic) bond motifs is 2. The predicted molar refractivity (Wildman–Crippen MR) is 140 cm³/mol. The summed E-state index contributed by atoms with van der Waals surface area (Å²) in [5, 5.41) is 18.1. The molecule has 0 spiro atoms. The van der Waals surface area contributed by atoms with E-state index < -0.39 is 5.41 Å². The number of nitrogens with zero attached hydrogens (tertiary/aromatic N) is 5. The van der Waals surface area contributed by atoms with E-state index in [9.17, 15) is 10.1 Å². The third-order valence-electron chi connectivity index (χ3n) is 7.54. The van der Waals surface area contributed by atoms with Crippen molar-refractivity contribution in [3.05, 3.63) is 71.2 Å². The summed E-state index contributed by atoms with van der Waals surface area (Å²) < 4.78 is 13.1. The quantitative estimate of drug-likeness (QED) is 0.409. The van der Waals surface area contributed by atoms with Crippen molar-refractivity contribution in [2.24, 2.45) is 0 Å². The average molecular weight is 509 g/mol. The minimum atomic E-state index is -0.774. The van der Waals surface area contributed by atoms with Crippen LogP contribution in [-0.4, -0.2) is 39.4 Å². The molecule has 0 saturated heterocycles. The number of nitrogens with one attached hydrogen (secondary N) is 1. The lowest BCUT2D eigenvalue weighted by atomic mass is 9.79. The molecule has 0 unspecified atom stereocenters. The number of carbonyl (C=O) groups excluding carboxylic acids is 1. The number of hydrogen-bond acceptors (Lipinski definition) is 7. The summed E-state index contributed by atoms with van der Waals surface area (Å²) in [4.78, 5) is 22.3. The maximum absolute atomic E-state index is 13.0. The highest BCUT2D eigenvalue weighted by molar-refractivity contribution is 5.94. The molecule has 9 nitrogen and oxygen atoms in total. The van der Waals surface area contributed by atoms with Gasteiger partial charge in [0.25, 0.3) is 5.91 Å². The van der Waals surface area contributed by atoms with E-state index in [1.807, 2.05) is 42.1 Å². The van der Waals surface area contributed by atoms with Crippen LogP contribution in [0.5, 0.6) is 5.88 Å². The second-order valence-corrected chi connectivity index (χ2v) is 10.2. The maximum Gasteiger partial charge on any atom is 0.251 e. The fourth-order valence-electron chi connectivity index (χ4n) is 5.01. The third-order valence-corrected chi connectivity index (χ3v) is 7.54. The fraction of sp³-hybridized carbons (Fsp3) is 0.345. The zero-order chi connectivity index (χ0) is 26.3. The van der Waals surface area contributed by atoms with Crippen molar-refractivity contribution >= 4 is 16.8 Å². The van der Waals surface area contributed by atoms with Gasteiger partial charge in [-0.1, -0.05) is 6.07 Å². The Hall–Kier alpha value is -4.29. The summed E-state index contributed by atoms with van der Waals surface area (Å²) in [6, 6.07) is 14.0. The molecule has 2 aliphatic rings. The van der Waals surface area contributed by atoms with E-state index in [0.717, 1.165) is 46.1 Å². The number of hydrogen-bond donors (Lipinski definition) is 1. The van der Waals surface area contributed by atoms with E-state index in [1.165, 1.54) is 6.42 Å². The van der Waals surface area contributed by atoms with Crippen molar-refractivity contribution in [1.29, 1.82) is 5.26 Å². The van der Waals surface area contributed by atoms with E-state index in [4.69, 9.17) is 14.5 Å². The topological polar surface area (TPSA) is 115 Å². The van der Waals surface area contributed by atoms with Gasteiger partial charge in [-0.3, -0.25) is 14.5 Å². The molecule has 1 saturated carbocycles. The first-order valence-electron chi connectivity index (χ1n) is 12.8. The molecule has 0 radical (unpaired) electrons. The van der Waals surface area contributed by atoms with Crippen molar-refractivity contribution in [1.82, 2.24) is 25.1 Å². The van der Waals surface area contributed by atoms with E-state index in [-0.39, 0.29) is 12.5 Å². The Labute approximate surface area is 220 Å². The molecule has 1 aliphatic heterocycles. The molecule has 192 valence electrons. The van der Waals surface area contributed by atoms with Crippen LogP contribution in [-0.2, 0) is 23.3 Å². The number of aromatic nitrogens is 4. The minimum absolute atomic E-state index is 0.226. The summed E-state index contributed by atoms with van der Waals surface area (Å²) in [7, 11) is 1.62. The lowest BCUT2D eigenvalue weighted by molar-refractivity contribution is 0.0757. The maximum atomic E-state index is 13.0. The van der Waals surface area contributed by atoms with Gasteiger partial charge in [-0.15, -0.1) is 5.10 Å². The highest BCUT2D eigenvalue weighted by Crippen LogP contribution is 2.36. The van der Waals surface area contributed by atoms with Crippen molar-refractivity contribution < 1.29 is 14.3 Å². The summed E-state index contributed by atoms with van der Waals surface area (Å²) in [5.74, 6) is 0.339. The van der Waals surface area contributed by atoms with E-state index in [1.54, 1.807) is 25.4 Å². The molecule has 38 heavy (non-hydrogen) atoms. The molecule has 1 aliphatic carbocycles. The summed E-state index contributed by atoms with van der Waals surface area (Å²) in [5.41, 5.74) is 4.61. The van der Waals surface area contributed by atoms with Crippen molar-refractivity contribution in [2.45, 2.75) is 50.8 Å². The Morgan fingerprint density at radius 3 is 2.92 bits per heavy atom. The van der Waals surface area contributed by atoms with Gasteiger partial charge in [0, 0.05) is 23.3 Å². The minimum Gasteiger partial charge on any atom is -0.479 e. The lowest BCUT2D eigenvalue weighted by Gasteiger charge is -2.30. The predicted octanol–water partition coefficient (Wildman–Crippen LogP) is 4.47. The van der Waals surface area contributed by atoms with Crippen LogP contribution in [0.15, 0.2) is 48.8 Å². The van der Waals surface area contributed by atoms with Crippen LogP contribution in [0.1, 0.15) is 59.4 Å². The molecule has 4 aromatic rings. The Morgan fingerprint density at radius 2 is 2.16 bits per heavy atom. The van der Waals surface area contributed by atoms with Crippen LogP contribution in [0.3, 0.4) is 0 Å². The van der Waals surface area contributed by atoms with Crippen LogP contribution in [0.4, 0.5) is 0 Å². The normalized spacial score (nSPS) is 18.9. The number of carbonyl (C=O) groups is 1. The van der Waals surface area contributed by atoms with Crippen LogP contribution < -0.4 is 10.1 Å². The Kier molecular flexibility index (Phi) is 6.04. The molecule has 4 heterocycles. The molecule has 1 aromatic carbocycles. The van der Waals surface area contributed by atoms with Gasteiger partial charge in [0.2, 0.25) is 5.88 Å². The van der Waals surface area contributed by atoms with Gasteiger partial charge in [0.1, 0.15) is 5.41 Å². The van der Waals surface area contributed by atoms with Crippen LogP contribution in [0, 0.1) is 11.3 Å².